The van der Waals surface area contributed by atoms with Gasteiger partial charge < -0.3 is 5.32 Å². The maximum atomic E-state index is 12.3. The van der Waals surface area contributed by atoms with Gasteiger partial charge in [-0.25, -0.2) is 4.98 Å². The van der Waals surface area contributed by atoms with Crippen LogP contribution < -0.4 is 5.32 Å². The molecule has 3 nitrogen and oxygen atoms in total. The highest BCUT2D eigenvalue weighted by Gasteiger charge is 2.09. The van der Waals surface area contributed by atoms with Crippen LogP contribution in [0.5, 0.6) is 0 Å². The summed E-state index contributed by atoms with van der Waals surface area (Å²) in [4.78, 5) is 17.0. The van der Waals surface area contributed by atoms with Gasteiger partial charge in [-0.2, -0.15) is 0 Å². The molecule has 25 heavy (non-hydrogen) atoms. The lowest BCUT2D eigenvalue weighted by atomic mass is 10.1. The molecule has 0 unspecified atom stereocenters. The summed E-state index contributed by atoms with van der Waals surface area (Å²) in [7, 11) is 0. The Labute approximate surface area is 156 Å². The molecular formula is C20H19ClN2OS. The van der Waals surface area contributed by atoms with Crippen molar-refractivity contribution < 1.29 is 4.79 Å². The van der Waals surface area contributed by atoms with Crippen LogP contribution in [-0.2, 0) is 4.79 Å². The average molecular weight is 371 g/mol. The summed E-state index contributed by atoms with van der Waals surface area (Å²) >= 11 is 7.43. The zero-order valence-electron chi connectivity index (χ0n) is 14.4. The molecule has 0 radical (unpaired) electrons. The Morgan fingerprint density at radius 3 is 2.68 bits per heavy atom. The number of amides is 1. The van der Waals surface area contributed by atoms with E-state index in [4.69, 9.17) is 16.6 Å². The van der Waals surface area contributed by atoms with Crippen molar-refractivity contribution in [1.29, 1.82) is 0 Å². The normalized spacial score (nSPS) is 10.9. The van der Waals surface area contributed by atoms with Crippen LogP contribution in [-0.4, -0.2) is 16.6 Å². The van der Waals surface area contributed by atoms with Crippen LogP contribution in [0.3, 0.4) is 0 Å². The van der Waals surface area contributed by atoms with Crippen LogP contribution in [0.15, 0.2) is 47.5 Å². The van der Waals surface area contributed by atoms with E-state index < -0.39 is 0 Å². The molecule has 2 aromatic carbocycles. The minimum absolute atomic E-state index is 0.0697. The second-order valence-corrected chi connectivity index (χ2v) is 7.48. The molecular weight excluding hydrogens is 352 g/mol. The predicted octanol–water partition coefficient (Wildman–Crippen LogP) is 5.54. The number of nitrogens with one attached hydrogen (secondary N) is 1. The Hall–Kier alpha value is -2.04. The number of hydrogen-bond acceptors (Lipinski definition) is 3. The van der Waals surface area contributed by atoms with E-state index in [2.05, 4.69) is 31.3 Å². The first-order valence-electron chi connectivity index (χ1n) is 8.00. The molecule has 0 saturated carbocycles. The number of aromatic nitrogens is 1. The fourth-order valence-electron chi connectivity index (χ4n) is 2.66. The summed E-state index contributed by atoms with van der Waals surface area (Å²) in [6.45, 7) is 6.07. The van der Waals surface area contributed by atoms with Crippen LogP contribution >= 0.6 is 23.4 Å². The smallest absolute Gasteiger partial charge is 0.234 e. The number of pyridine rings is 1. The highest BCUT2D eigenvalue weighted by Crippen LogP contribution is 2.26. The highest BCUT2D eigenvalue weighted by molar-refractivity contribution is 7.99. The summed E-state index contributed by atoms with van der Waals surface area (Å²) in [6.07, 6.45) is 0. The van der Waals surface area contributed by atoms with E-state index in [1.807, 2.05) is 31.2 Å². The Balaban J connectivity index is 1.73. The second-order valence-electron chi connectivity index (χ2n) is 6.04. The summed E-state index contributed by atoms with van der Waals surface area (Å²) < 4.78 is 0. The number of hydrogen-bond donors (Lipinski definition) is 1. The topological polar surface area (TPSA) is 42.0 Å². The monoisotopic (exact) mass is 370 g/mol. The van der Waals surface area contributed by atoms with Crippen molar-refractivity contribution in [3.05, 3.63) is 64.2 Å². The van der Waals surface area contributed by atoms with Gasteiger partial charge in [0, 0.05) is 16.1 Å². The summed E-state index contributed by atoms with van der Waals surface area (Å²) in [5.74, 6) is 0.232. The number of nitrogens with zero attached hydrogens (tertiary/aromatic N) is 1. The third-order valence-corrected chi connectivity index (χ3v) is 5.20. The molecule has 0 aliphatic carbocycles. The number of thioether (sulfide) groups is 1. The maximum Gasteiger partial charge on any atom is 0.234 e. The lowest BCUT2D eigenvalue weighted by Crippen LogP contribution is -2.15. The van der Waals surface area contributed by atoms with Gasteiger partial charge in [-0.3, -0.25) is 4.79 Å². The summed E-state index contributed by atoms with van der Waals surface area (Å²) in [5.41, 5.74) is 5.04. The van der Waals surface area contributed by atoms with Crippen LogP contribution in [0.25, 0.3) is 10.9 Å². The SMILES string of the molecule is Cc1ccc(Cl)cc1NC(=O)CSc1cc(C)c2cccc(C)c2n1. The standard InChI is InChI=1S/C20H19ClN2OS/c1-12-7-8-15(21)10-17(12)22-18(24)11-25-19-9-14(3)16-6-4-5-13(2)20(16)23-19/h4-10H,11H2,1-3H3,(H,22,24). The number of para-hydroxylation sites is 1. The van der Waals surface area contributed by atoms with Gasteiger partial charge in [0.1, 0.15) is 0 Å². The quantitative estimate of drug-likeness (QED) is 0.612. The largest absolute Gasteiger partial charge is 0.325 e. The first-order valence-corrected chi connectivity index (χ1v) is 9.36. The minimum Gasteiger partial charge on any atom is -0.325 e. The molecule has 3 rings (SSSR count). The van der Waals surface area contributed by atoms with Gasteiger partial charge in [-0.1, -0.05) is 47.6 Å². The number of benzene rings is 2. The number of aryl methyl sites for hydroxylation is 3. The van der Waals surface area contributed by atoms with Gasteiger partial charge in [0.25, 0.3) is 0 Å². The number of carbonyl (C=O) groups excluding carboxylic acids is 1. The van der Waals surface area contributed by atoms with Crippen molar-refractivity contribution >= 4 is 45.9 Å². The first kappa shape index (κ1) is 17.8. The summed E-state index contributed by atoms with van der Waals surface area (Å²) in [5, 5.41) is 5.53. The van der Waals surface area contributed by atoms with Crippen molar-refractivity contribution in [3.8, 4) is 0 Å². The number of carbonyl (C=O) groups is 1. The fourth-order valence-corrected chi connectivity index (χ4v) is 3.60. The van der Waals surface area contributed by atoms with Crippen LogP contribution in [0.1, 0.15) is 16.7 Å². The Morgan fingerprint density at radius 1 is 1.08 bits per heavy atom. The Bertz CT molecular complexity index is 956. The number of rotatable bonds is 4. The van der Waals surface area contributed by atoms with E-state index >= 15 is 0 Å². The van der Waals surface area contributed by atoms with Gasteiger partial charge in [-0.15, -0.1) is 0 Å². The summed E-state index contributed by atoms with van der Waals surface area (Å²) in [6, 6.07) is 13.7. The molecule has 0 saturated heterocycles. The van der Waals surface area contributed by atoms with E-state index in [1.54, 1.807) is 6.07 Å². The van der Waals surface area contributed by atoms with Gasteiger partial charge in [0.05, 0.1) is 16.3 Å². The Kier molecular flexibility index (Phi) is 5.30. The molecule has 3 aromatic rings. The maximum absolute atomic E-state index is 12.3. The highest BCUT2D eigenvalue weighted by atomic mass is 35.5. The fraction of sp³-hybridized carbons (Fsp3) is 0.200. The molecule has 0 aliphatic heterocycles. The number of fused-ring (bicyclic) bond motifs is 1. The van der Waals surface area contributed by atoms with Gasteiger partial charge in [0.15, 0.2) is 0 Å². The zero-order chi connectivity index (χ0) is 18.0. The number of halogens is 1. The molecule has 128 valence electrons. The zero-order valence-corrected chi connectivity index (χ0v) is 16.0. The number of anilines is 1. The van der Waals surface area contributed by atoms with E-state index in [0.717, 1.165) is 32.7 Å². The van der Waals surface area contributed by atoms with Gasteiger partial charge >= 0.3 is 0 Å². The third-order valence-electron chi connectivity index (χ3n) is 4.05. The molecule has 0 aliphatic rings. The minimum atomic E-state index is -0.0697. The molecule has 5 heteroatoms. The average Bonchev–Trinajstić information content (AvgIpc) is 2.57. The van der Waals surface area contributed by atoms with E-state index in [1.165, 1.54) is 17.3 Å². The lowest BCUT2D eigenvalue weighted by Gasteiger charge is -2.10. The van der Waals surface area contributed by atoms with Crippen molar-refractivity contribution in [2.45, 2.75) is 25.8 Å². The Morgan fingerprint density at radius 2 is 1.88 bits per heavy atom. The molecule has 0 spiro atoms. The van der Waals surface area contributed by atoms with Crippen molar-refractivity contribution in [2.24, 2.45) is 0 Å². The third kappa shape index (κ3) is 4.14. The van der Waals surface area contributed by atoms with E-state index in [0.29, 0.717) is 10.8 Å². The van der Waals surface area contributed by atoms with Gasteiger partial charge in [0.2, 0.25) is 5.91 Å². The van der Waals surface area contributed by atoms with Crippen LogP contribution in [0, 0.1) is 20.8 Å². The molecule has 1 amide bonds. The second kappa shape index (κ2) is 7.46. The molecule has 1 aromatic heterocycles. The van der Waals surface area contributed by atoms with Crippen LogP contribution in [0.4, 0.5) is 5.69 Å². The lowest BCUT2D eigenvalue weighted by molar-refractivity contribution is -0.113. The van der Waals surface area contributed by atoms with Crippen LogP contribution in [0.2, 0.25) is 5.02 Å². The van der Waals surface area contributed by atoms with Gasteiger partial charge in [-0.05, 0) is 55.7 Å². The molecule has 0 atom stereocenters. The predicted molar refractivity (Wildman–Crippen MR) is 107 cm³/mol. The molecule has 0 bridgehead atoms. The van der Waals surface area contributed by atoms with Crippen molar-refractivity contribution in [3.63, 3.8) is 0 Å². The first-order chi connectivity index (χ1) is 11.9. The molecule has 1 N–H and O–H groups in total. The van der Waals surface area contributed by atoms with E-state index in [-0.39, 0.29) is 5.91 Å². The molecule has 0 fully saturated rings. The molecule has 1 heterocycles. The van der Waals surface area contributed by atoms with Crippen molar-refractivity contribution in [1.82, 2.24) is 4.98 Å². The van der Waals surface area contributed by atoms with E-state index in [9.17, 15) is 4.79 Å². The van der Waals surface area contributed by atoms with Crippen molar-refractivity contribution in [2.75, 3.05) is 11.1 Å².